The standard InChI is InChI=1S/C17H14ClN3O/c18-15-6-5-14(16-13(15)4-2-9-20-16)17(22)21-10-7-12-3-1-8-19-11-12/h1-6,8-9,11H,7,10H2,(H,21,22). The van der Waals surface area contributed by atoms with Crippen molar-refractivity contribution < 1.29 is 4.79 Å². The molecule has 110 valence electrons. The Morgan fingerprint density at radius 3 is 2.82 bits per heavy atom. The minimum absolute atomic E-state index is 0.149. The Morgan fingerprint density at radius 1 is 1.14 bits per heavy atom. The molecule has 0 fully saturated rings. The van der Waals surface area contributed by atoms with Crippen molar-refractivity contribution in [1.29, 1.82) is 0 Å². The first-order valence-electron chi connectivity index (χ1n) is 6.96. The number of hydrogen-bond acceptors (Lipinski definition) is 3. The van der Waals surface area contributed by atoms with Gasteiger partial charge in [0.1, 0.15) is 0 Å². The van der Waals surface area contributed by atoms with Crippen LogP contribution in [0.25, 0.3) is 10.9 Å². The van der Waals surface area contributed by atoms with Gasteiger partial charge in [-0.05, 0) is 42.3 Å². The largest absolute Gasteiger partial charge is 0.352 e. The van der Waals surface area contributed by atoms with Crippen molar-refractivity contribution in [2.75, 3.05) is 6.54 Å². The van der Waals surface area contributed by atoms with E-state index in [2.05, 4.69) is 15.3 Å². The lowest BCUT2D eigenvalue weighted by molar-refractivity contribution is 0.0955. The first-order chi connectivity index (χ1) is 10.8. The molecule has 0 aliphatic heterocycles. The number of carbonyl (C=O) groups excluding carboxylic acids is 1. The number of amides is 1. The molecule has 0 unspecified atom stereocenters. The zero-order valence-corrected chi connectivity index (χ0v) is 12.5. The molecule has 3 rings (SSSR count). The second kappa shape index (κ2) is 6.54. The van der Waals surface area contributed by atoms with Gasteiger partial charge in [0.05, 0.1) is 16.1 Å². The predicted octanol–water partition coefficient (Wildman–Crippen LogP) is 3.26. The van der Waals surface area contributed by atoms with E-state index in [0.29, 0.717) is 22.6 Å². The number of carbonyl (C=O) groups is 1. The van der Waals surface area contributed by atoms with Crippen molar-refractivity contribution in [3.8, 4) is 0 Å². The highest BCUT2D eigenvalue weighted by molar-refractivity contribution is 6.36. The molecule has 0 spiro atoms. The molecule has 0 aliphatic rings. The molecule has 0 atom stereocenters. The Balaban J connectivity index is 1.74. The summed E-state index contributed by atoms with van der Waals surface area (Å²) in [7, 11) is 0. The van der Waals surface area contributed by atoms with Crippen LogP contribution in [0.3, 0.4) is 0 Å². The van der Waals surface area contributed by atoms with E-state index in [9.17, 15) is 4.79 Å². The van der Waals surface area contributed by atoms with Gasteiger partial charge in [0, 0.05) is 30.5 Å². The minimum Gasteiger partial charge on any atom is -0.352 e. The maximum Gasteiger partial charge on any atom is 0.253 e. The van der Waals surface area contributed by atoms with Crippen LogP contribution >= 0.6 is 11.6 Å². The molecule has 4 nitrogen and oxygen atoms in total. The van der Waals surface area contributed by atoms with Crippen molar-refractivity contribution in [2.24, 2.45) is 0 Å². The van der Waals surface area contributed by atoms with E-state index in [-0.39, 0.29) is 5.91 Å². The smallest absolute Gasteiger partial charge is 0.253 e. The van der Waals surface area contributed by atoms with Crippen LogP contribution in [0.4, 0.5) is 0 Å². The number of rotatable bonds is 4. The van der Waals surface area contributed by atoms with Crippen LogP contribution in [0, 0.1) is 0 Å². The molecule has 1 amide bonds. The summed E-state index contributed by atoms with van der Waals surface area (Å²) in [4.78, 5) is 20.7. The van der Waals surface area contributed by atoms with Crippen LogP contribution in [0.15, 0.2) is 55.0 Å². The first-order valence-corrected chi connectivity index (χ1v) is 7.34. The summed E-state index contributed by atoms with van der Waals surface area (Å²) < 4.78 is 0. The van der Waals surface area contributed by atoms with Gasteiger partial charge in [0.15, 0.2) is 0 Å². The van der Waals surface area contributed by atoms with E-state index >= 15 is 0 Å². The molecule has 3 aromatic rings. The lowest BCUT2D eigenvalue weighted by atomic mass is 10.1. The van der Waals surface area contributed by atoms with Crippen molar-refractivity contribution in [3.63, 3.8) is 0 Å². The van der Waals surface area contributed by atoms with Gasteiger partial charge in [0.2, 0.25) is 0 Å². The van der Waals surface area contributed by atoms with Crippen LogP contribution in [-0.4, -0.2) is 22.4 Å². The summed E-state index contributed by atoms with van der Waals surface area (Å²) in [6.07, 6.45) is 5.92. The zero-order chi connectivity index (χ0) is 15.4. The molecule has 2 aromatic heterocycles. The Labute approximate surface area is 133 Å². The second-order valence-electron chi connectivity index (χ2n) is 4.86. The second-order valence-corrected chi connectivity index (χ2v) is 5.27. The van der Waals surface area contributed by atoms with Gasteiger partial charge in [0.25, 0.3) is 5.91 Å². The topological polar surface area (TPSA) is 54.9 Å². The van der Waals surface area contributed by atoms with Gasteiger partial charge in [-0.15, -0.1) is 0 Å². The monoisotopic (exact) mass is 311 g/mol. The number of aromatic nitrogens is 2. The van der Waals surface area contributed by atoms with Crippen molar-refractivity contribution in [3.05, 3.63) is 71.1 Å². The fraction of sp³-hybridized carbons (Fsp3) is 0.118. The average molecular weight is 312 g/mol. The highest BCUT2D eigenvalue weighted by atomic mass is 35.5. The third-order valence-corrected chi connectivity index (χ3v) is 3.71. The van der Waals surface area contributed by atoms with Gasteiger partial charge in [-0.25, -0.2) is 0 Å². The Kier molecular flexibility index (Phi) is 4.30. The third kappa shape index (κ3) is 3.07. The number of pyridine rings is 2. The molecular weight excluding hydrogens is 298 g/mol. The molecule has 0 aliphatic carbocycles. The molecule has 1 aromatic carbocycles. The van der Waals surface area contributed by atoms with Crippen LogP contribution in [0.1, 0.15) is 15.9 Å². The van der Waals surface area contributed by atoms with Gasteiger partial charge >= 0.3 is 0 Å². The van der Waals surface area contributed by atoms with Crippen molar-refractivity contribution in [2.45, 2.75) is 6.42 Å². The van der Waals surface area contributed by atoms with Crippen molar-refractivity contribution in [1.82, 2.24) is 15.3 Å². The maximum atomic E-state index is 12.4. The molecule has 5 heteroatoms. The number of nitrogens with zero attached hydrogens (tertiary/aromatic N) is 2. The normalized spacial score (nSPS) is 10.6. The van der Waals surface area contributed by atoms with Gasteiger partial charge in [-0.3, -0.25) is 14.8 Å². The summed E-state index contributed by atoms with van der Waals surface area (Å²) in [5.41, 5.74) is 2.24. The fourth-order valence-electron chi connectivity index (χ4n) is 2.28. The summed E-state index contributed by atoms with van der Waals surface area (Å²) in [6, 6.07) is 11.0. The Bertz CT molecular complexity index is 805. The molecule has 1 N–H and O–H groups in total. The fourth-order valence-corrected chi connectivity index (χ4v) is 2.50. The quantitative estimate of drug-likeness (QED) is 0.804. The van der Waals surface area contributed by atoms with E-state index in [0.717, 1.165) is 17.4 Å². The van der Waals surface area contributed by atoms with E-state index < -0.39 is 0 Å². The average Bonchev–Trinajstić information content (AvgIpc) is 2.56. The van der Waals surface area contributed by atoms with Crippen molar-refractivity contribution >= 4 is 28.4 Å². The molecule has 0 saturated heterocycles. The molecule has 0 saturated carbocycles. The number of benzene rings is 1. The van der Waals surface area contributed by atoms with E-state index in [1.54, 1.807) is 36.8 Å². The molecule has 0 bridgehead atoms. The molecule has 2 heterocycles. The maximum absolute atomic E-state index is 12.4. The predicted molar refractivity (Wildman–Crippen MR) is 87.0 cm³/mol. The summed E-state index contributed by atoms with van der Waals surface area (Å²) in [6.45, 7) is 0.543. The van der Waals surface area contributed by atoms with Gasteiger partial charge in [-0.2, -0.15) is 0 Å². The van der Waals surface area contributed by atoms with Crippen LogP contribution in [0.2, 0.25) is 5.02 Å². The number of hydrogen-bond donors (Lipinski definition) is 1. The highest BCUT2D eigenvalue weighted by Crippen LogP contribution is 2.24. The van der Waals surface area contributed by atoms with Crippen LogP contribution < -0.4 is 5.32 Å². The number of fused-ring (bicyclic) bond motifs is 1. The molecular formula is C17H14ClN3O. The van der Waals surface area contributed by atoms with Crippen LogP contribution in [0.5, 0.6) is 0 Å². The van der Waals surface area contributed by atoms with Gasteiger partial charge in [-0.1, -0.05) is 17.7 Å². The number of nitrogens with one attached hydrogen (secondary N) is 1. The SMILES string of the molecule is O=C(NCCc1cccnc1)c1ccc(Cl)c2cccnc12. The van der Waals surface area contributed by atoms with E-state index in [1.165, 1.54) is 0 Å². The summed E-state index contributed by atoms with van der Waals surface area (Å²) in [5, 5.41) is 4.28. The van der Waals surface area contributed by atoms with Crippen LogP contribution in [-0.2, 0) is 6.42 Å². The van der Waals surface area contributed by atoms with E-state index in [4.69, 9.17) is 11.6 Å². The molecule has 22 heavy (non-hydrogen) atoms. The van der Waals surface area contributed by atoms with Gasteiger partial charge < -0.3 is 5.32 Å². The lowest BCUT2D eigenvalue weighted by Crippen LogP contribution is -2.26. The highest BCUT2D eigenvalue weighted by Gasteiger charge is 2.12. The third-order valence-electron chi connectivity index (χ3n) is 3.38. The zero-order valence-electron chi connectivity index (χ0n) is 11.8. The number of halogens is 1. The Morgan fingerprint density at radius 2 is 2.00 bits per heavy atom. The molecule has 0 radical (unpaired) electrons. The summed E-state index contributed by atoms with van der Waals surface area (Å²) in [5.74, 6) is -0.149. The summed E-state index contributed by atoms with van der Waals surface area (Å²) >= 11 is 6.14. The van der Waals surface area contributed by atoms with E-state index in [1.807, 2.05) is 18.2 Å². The minimum atomic E-state index is -0.149. The first kappa shape index (κ1) is 14.5. The lowest BCUT2D eigenvalue weighted by Gasteiger charge is -2.08. The Hall–Kier alpha value is -2.46.